The Morgan fingerprint density at radius 2 is 1.59 bits per heavy atom. The zero-order valence-corrected chi connectivity index (χ0v) is 39.7. The summed E-state index contributed by atoms with van der Waals surface area (Å²) < 4.78 is 88.9. The molecular weight excluding hydrogens is 986 g/mol. The van der Waals surface area contributed by atoms with E-state index >= 15 is 4.39 Å². The van der Waals surface area contributed by atoms with Crippen LogP contribution in [-0.4, -0.2) is 149 Å². The molecule has 3 aromatic carbocycles. The van der Waals surface area contributed by atoms with E-state index in [1.807, 2.05) is 0 Å². The minimum Gasteiger partial charge on any atom is -0.382 e. The van der Waals surface area contributed by atoms with Crippen molar-refractivity contribution in [3.05, 3.63) is 107 Å². The van der Waals surface area contributed by atoms with Crippen molar-refractivity contribution in [2.24, 2.45) is 0 Å². The summed E-state index contributed by atoms with van der Waals surface area (Å²) in [5.74, 6) is -5.59. The summed E-state index contributed by atoms with van der Waals surface area (Å²) in [6.07, 6.45) is -4.07. The maximum atomic E-state index is 15.8. The molecule has 0 saturated carbocycles. The third-order valence-corrected chi connectivity index (χ3v) is 12.9. The van der Waals surface area contributed by atoms with E-state index in [1.54, 1.807) is 24.4 Å². The van der Waals surface area contributed by atoms with Crippen molar-refractivity contribution in [3.63, 3.8) is 0 Å². The molecule has 4 N–H and O–H groups in total. The molecule has 3 aliphatic heterocycles. The molecule has 4 aromatic rings. The normalized spacial score (nSPS) is 19.7. The van der Waals surface area contributed by atoms with Crippen LogP contribution in [0.4, 0.5) is 32.4 Å². The quantitative estimate of drug-likeness (QED) is 0.0382. The van der Waals surface area contributed by atoms with Crippen molar-refractivity contribution in [1.82, 2.24) is 40.4 Å². The molecule has 1 aromatic heterocycles. The Hall–Kier alpha value is -7.64. The van der Waals surface area contributed by atoms with Crippen LogP contribution in [-0.2, 0) is 56.8 Å². The number of anilines is 1. The first-order chi connectivity index (χ1) is 35.4. The number of alkyl halides is 4. The number of carbonyl (C=O) groups is 8. The number of nitrogens with one attached hydrogen (secondary N) is 4. The molecule has 8 rings (SSSR count). The molecule has 0 radical (unpaired) electrons. The minimum atomic E-state index is -4.88. The molecule has 4 heterocycles. The van der Waals surface area contributed by atoms with E-state index in [2.05, 4.69) is 26.4 Å². The standard InChI is InChI=1S/C49H50F5N9O11/c1-28(49(52,53)54)61(24-29-5-8-32(50)9-6-29)41(66)27-62-46(70)48(59-47(62)71)22-36(51)34-21-30(7-10-35(34)48)31-23-57-60(25-31)26-40(65)56-14-16-73-18-20-74-19-17-72-15-13-55-37-4-2-3-33-42(37)45(69)63(44(33)68)38-11-12-39(64)58-43(38)67/h2-10,21,23,25,28,36,38,55H,11-20,22,24,26-27H2,1H3,(H,56,65)(H,59,71)(H,58,64,67)/t28-,36+,38?,48-/m0/s1. The van der Waals surface area contributed by atoms with Gasteiger partial charge in [-0.15, -0.1) is 0 Å². The van der Waals surface area contributed by atoms with E-state index in [9.17, 15) is 55.9 Å². The maximum Gasteiger partial charge on any atom is 0.408 e. The lowest BCUT2D eigenvalue weighted by molar-refractivity contribution is -0.187. The van der Waals surface area contributed by atoms with Gasteiger partial charge in [-0.1, -0.05) is 30.3 Å². The Morgan fingerprint density at radius 1 is 0.892 bits per heavy atom. The van der Waals surface area contributed by atoms with Crippen LogP contribution in [0.15, 0.2) is 73.1 Å². The van der Waals surface area contributed by atoms with Gasteiger partial charge in [0.15, 0.2) is 0 Å². The first-order valence-electron chi connectivity index (χ1n) is 23.5. The summed E-state index contributed by atoms with van der Waals surface area (Å²) in [6.45, 7) is 0.880. The number of rotatable bonds is 22. The number of halogens is 5. The van der Waals surface area contributed by atoms with Crippen molar-refractivity contribution >= 4 is 53.1 Å². The van der Waals surface area contributed by atoms with Crippen molar-refractivity contribution in [1.29, 1.82) is 0 Å². The van der Waals surface area contributed by atoms with Crippen LogP contribution >= 0.6 is 0 Å². The molecule has 1 spiro atoms. The zero-order chi connectivity index (χ0) is 52.9. The number of fused-ring (bicyclic) bond motifs is 3. The van der Waals surface area contributed by atoms with Crippen LogP contribution in [0.3, 0.4) is 0 Å². The first-order valence-corrected chi connectivity index (χ1v) is 23.5. The molecule has 392 valence electrons. The van der Waals surface area contributed by atoms with Crippen molar-refractivity contribution < 1.29 is 74.5 Å². The molecule has 20 nitrogen and oxygen atoms in total. The van der Waals surface area contributed by atoms with Gasteiger partial charge in [0.1, 0.15) is 42.7 Å². The number of imide groups is 3. The smallest absolute Gasteiger partial charge is 0.382 e. The van der Waals surface area contributed by atoms with E-state index in [0.29, 0.717) is 33.2 Å². The van der Waals surface area contributed by atoms with Gasteiger partial charge in [0, 0.05) is 49.9 Å². The van der Waals surface area contributed by atoms with Gasteiger partial charge >= 0.3 is 12.2 Å². The number of urea groups is 1. The van der Waals surface area contributed by atoms with Gasteiger partial charge in [-0.25, -0.2) is 13.6 Å². The summed E-state index contributed by atoms with van der Waals surface area (Å²) in [6, 6.07) is 9.23. The lowest BCUT2D eigenvalue weighted by Crippen LogP contribution is -2.54. The highest BCUT2D eigenvalue weighted by atomic mass is 19.4. The molecule has 4 atom stereocenters. The molecule has 0 bridgehead atoms. The average molecular weight is 1040 g/mol. The number of hydrogen-bond acceptors (Lipinski definition) is 13. The highest BCUT2D eigenvalue weighted by Gasteiger charge is 2.59. The van der Waals surface area contributed by atoms with Crippen molar-refractivity contribution in [2.75, 3.05) is 64.6 Å². The lowest BCUT2D eigenvalue weighted by Gasteiger charge is -2.32. The molecule has 1 unspecified atom stereocenters. The van der Waals surface area contributed by atoms with E-state index in [-0.39, 0.29) is 99.3 Å². The second-order valence-electron chi connectivity index (χ2n) is 17.8. The number of aromatic nitrogens is 2. The van der Waals surface area contributed by atoms with Gasteiger partial charge < -0.3 is 35.1 Å². The monoisotopic (exact) mass is 1040 g/mol. The molecule has 74 heavy (non-hydrogen) atoms. The third-order valence-electron chi connectivity index (χ3n) is 12.9. The van der Waals surface area contributed by atoms with Crippen LogP contribution < -0.4 is 21.3 Å². The minimum absolute atomic E-state index is 0.0208. The Labute approximate surface area is 418 Å². The van der Waals surface area contributed by atoms with E-state index in [0.717, 1.165) is 24.0 Å². The topological polar surface area (TPSA) is 240 Å². The number of carbonyl (C=O) groups excluding carboxylic acids is 8. The first kappa shape index (κ1) is 52.7. The van der Waals surface area contributed by atoms with Gasteiger partial charge in [0.05, 0.1) is 57.0 Å². The predicted octanol–water partition coefficient (Wildman–Crippen LogP) is 3.51. The maximum absolute atomic E-state index is 15.8. The lowest BCUT2D eigenvalue weighted by atomic mass is 9.90. The second-order valence-corrected chi connectivity index (χ2v) is 17.8. The summed E-state index contributed by atoms with van der Waals surface area (Å²) >= 11 is 0. The molecule has 2 fully saturated rings. The predicted molar refractivity (Wildman–Crippen MR) is 248 cm³/mol. The Bertz CT molecular complexity index is 2850. The number of nitrogens with zero attached hydrogens (tertiary/aromatic N) is 5. The molecule has 9 amide bonds. The van der Waals surface area contributed by atoms with Gasteiger partial charge in [-0.3, -0.25) is 53.4 Å². The Morgan fingerprint density at radius 3 is 2.30 bits per heavy atom. The van der Waals surface area contributed by atoms with E-state index in [4.69, 9.17) is 14.2 Å². The van der Waals surface area contributed by atoms with E-state index < -0.39 is 96.8 Å². The number of hydrogen-bond donors (Lipinski definition) is 4. The van der Waals surface area contributed by atoms with Crippen LogP contribution in [0, 0.1) is 5.82 Å². The van der Waals surface area contributed by atoms with Crippen LogP contribution in [0.1, 0.15) is 69.8 Å². The third kappa shape index (κ3) is 11.3. The summed E-state index contributed by atoms with van der Waals surface area (Å²) in [5, 5.41) is 14.7. The number of amides is 9. The number of piperidine rings is 1. The zero-order valence-electron chi connectivity index (χ0n) is 39.7. The van der Waals surface area contributed by atoms with Gasteiger partial charge in [0.2, 0.25) is 23.6 Å². The molecular formula is C49H50F5N9O11. The van der Waals surface area contributed by atoms with Crippen molar-refractivity contribution in [3.8, 4) is 11.1 Å². The highest BCUT2D eigenvalue weighted by Crippen LogP contribution is 2.49. The van der Waals surface area contributed by atoms with Crippen molar-refractivity contribution in [2.45, 2.75) is 69.2 Å². The van der Waals surface area contributed by atoms with Crippen LogP contribution in [0.25, 0.3) is 11.1 Å². The fourth-order valence-corrected chi connectivity index (χ4v) is 9.13. The highest BCUT2D eigenvalue weighted by molar-refractivity contribution is 6.25. The van der Waals surface area contributed by atoms with Gasteiger partial charge in [-0.05, 0) is 65.9 Å². The van der Waals surface area contributed by atoms with Crippen LogP contribution in [0.2, 0.25) is 0 Å². The van der Waals surface area contributed by atoms with Crippen LogP contribution in [0.5, 0.6) is 0 Å². The number of benzene rings is 3. The molecule has 1 aliphatic carbocycles. The fourth-order valence-electron chi connectivity index (χ4n) is 9.13. The molecule has 25 heteroatoms. The largest absolute Gasteiger partial charge is 0.408 e. The SMILES string of the molecule is C[C@H](N(Cc1ccc(F)cc1)C(=O)CN1C(=O)N[C@]2(C[C@@H](F)c3cc(-c4cnn(CC(=O)NCCOCCOCCOCCNc5cccc6c5C(=O)N(C5CCC(=O)NC5=O)C6=O)c4)ccc32)C1=O)C(F)(F)F. The summed E-state index contributed by atoms with van der Waals surface area (Å²) in [5.41, 5.74) is 0.138. The second kappa shape index (κ2) is 22.2. The average Bonchev–Trinajstić information content (AvgIpc) is 4.08. The Kier molecular flexibility index (Phi) is 15.8. The fraction of sp³-hybridized carbons (Fsp3) is 0.408. The van der Waals surface area contributed by atoms with Gasteiger partial charge in [0.25, 0.3) is 17.7 Å². The van der Waals surface area contributed by atoms with Gasteiger partial charge in [-0.2, -0.15) is 18.3 Å². The number of ether oxygens (including phenoxy) is 3. The molecule has 2 saturated heterocycles. The van der Waals surface area contributed by atoms with E-state index in [1.165, 1.54) is 41.2 Å². The Balaban J connectivity index is 0.724. The molecule has 4 aliphatic rings. The summed E-state index contributed by atoms with van der Waals surface area (Å²) in [7, 11) is 0. The summed E-state index contributed by atoms with van der Waals surface area (Å²) in [4.78, 5) is 105.